The molecule has 6 heteroatoms. The van der Waals surface area contributed by atoms with Crippen molar-refractivity contribution in [2.45, 2.75) is 31.6 Å². The summed E-state index contributed by atoms with van der Waals surface area (Å²) in [6.07, 6.45) is 0. The van der Waals surface area contributed by atoms with Crippen molar-refractivity contribution >= 4 is 15.7 Å². The fraction of sp³-hybridized carbons (Fsp3) is 0.429. The molecule has 5 nitrogen and oxygen atoms in total. The lowest BCUT2D eigenvalue weighted by Crippen LogP contribution is -2.48. The monoisotopic (exact) mass is 388 g/mol. The number of aryl methyl sites for hydroxylation is 1. The van der Waals surface area contributed by atoms with E-state index in [0.717, 1.165) is 5.69 Å². The van der Waals surface area contributed by atoms with Crippen LogP contribution in [0.4, 0.5) is 5.69 Å². The van der Waals surface area contributed by atoms with Crippen molar-refractivity contribution in [3.05, 3.63) is 53.6 Å². The van der Waals surface area contributed by atoms with Gasteiger partial charge >= 0.3 is 0 Å². The van der Waals surface area contributed by atoms with E-state index < -0.39 is 10.0 Å². The van der Waals surface area contributed by atoms with Gasteiger partial charge in [0.25, 0.3) is 0 Å². The first kappa shape index (κ1) is 19.7. The molecule has 27 heavy (non-hydrogen) atoms. The summed E-state index contributed by atoms with van der Waals surface area (Å²) in [6, 6.07) is 13.7. The van der Waals surface area contributed by atoms with E-state index in [2.05, 4.69) is 43.0 Å². The maximum atomic E-state index is 13.0. The van der Waals surface area contributed by atoms with Gasteiger partial charge in [0.15, 0.2) is 0 Å². The Morgan fingerprint density at radius 1 is 0.963 bits per heavy atom. The van der Waals surface area contributed by atoms with Crippen LogP contribution in [0.15, 0.2) is 47.4 Å². The minimum absolute atomic E-state index is 0.359. The van der Waals surface area contributed by atoms with Gasteiger partial charge in [-0.1, -0.05) is 26.0 Å². The van der Waals surface area contributed by atoms with E-state index >= 15 is 0 Å². The van der Waals surface area contributed by atoms with Crippen LogP contribution in [0.5, 0.6) is 5.75 Å². The Morgan fingerprint density at radius 2 is 1.59 bits per heavy atom. The first-order valence-corrected chi connectivity index (χ1v) is 10.8. The summed E-state index contributed by atoms with van der Waals surface area (Å²) >= 11 is 0. The van der Waals surface area contributed by atoms with Crippen LogP contribution >= 0.6 is 0 Å². The van der Waals surface area contributed by atoms with Crippen LogP contribution in [-0.4, -0.2) is 46.0 Å². The minimum Gasteiger partial charge on any atom is -0.497 e. The van der Waals surface area contributed by atoms with Crippen LogP contribution in [-0.2, 0) is 10.0 Å². The van der Waals surface area contributed by atoms with E-state index in [1.165, 1.54) is 5.56 Å². The number of benzene rings is 2. The summed E-state index contributed by atoms with van der Waals surface area (Å²) in [5.41, 5.74) is 3.17. The fourth-order valence-electron chi connectivity index (χ4n) is 3.43. The lowest BCUT2D eigenvalue weighted by Gasteiger charge is -2.35. The smallest absolute Gasteiger partial charge is 0.243 e. The summed E-state index contributed by atoms with van der Waals surface area (Å²) in [5.74, 6) is 1.18. The van der Waals surface area contributed by atoms with E-state index in [9.17, 15) is 8.42 Å². The van der Waals surface area contributed by atoms with E-state index in [4.69, 9.17) is 4.74 Å². The van der Waals surface area contributed by atoms with Crippen molar-refractivity contribution in [3.63, 3.8) is 0 Å². The van der Waals surface area contributed by atoms with Crippen molar-refractivity contribution in [1.29, 1.82) is 0 Å². The van der Waals surface area contributed by atoms with Crippen LogP contribution < -0.4 is 9.64 Å². The number of hydrogen-bond acceptors (Lipinski definition) is 4. The highest BCUT2D eigenvalue weighted by atomic mass is 32.2. The second-order valence-electron chi connectivity index (χ2n) is 7.27. The van der Waals surface area contributed by atoms with Gasteiger partial charge < -0.3 is 9.64 Å². The average molecular weight is 389 g/mol. The zero-order valence-electron chi connectivity index (χ0n) is 16.5. The van der Waals surface area contributed by atoms with Crippen molar-refractivity contribution in [1.82, 2.24) is 4.31 Å². The van der Waals surface area contributed by atoms with Crippen molar-refractivity contribution in [3.8, 4) is 5.75 Å². The maximum Gasteiger partial charge on any atom is 0.243 e. The Balaban J connectivity index is 1.71. The third-order valence-corrected chi connectivity index (χ3v) is 7.22. The molecule has 3 rings (SSSR count). The Morgan fingerprint density at radius 3 is 2.11 bits per heavy atom. The normalized spacial score (nSPS) is 16.0. The molecule has 0 radical (unpaired) electrons. The zero-order chi connectivity index (χ0) is 19.6. The first-order valence-electron chi connectivity index (χ1n) is 9.32. The summed E-state index contributed by atoms with van der Waals surface area (Å²) < 4.78 is 32.8. The molecule has 0 aromatic heterocycles. The number of methoxy groups -OCH3 is 1. The quantitative estimate of drug-likeness (QED) is 0.785. The van der Waals surface area contributed by atoms with Gasteiger partial charge in [0, 0.05) is 31.9 Å². The molecule has 0 bridgehead atoms. The molecular formula is C21H28N2O3S. The first-order chi connectivity index (χ1) is 12.8. The van der Waals surface area contributed by atoms with Crippen LogP contribution in [0.1, 0.15) is 30.9 Å². The molecule has 0 aliphatic carbocycles. The van der Waals surface area contributed by atoms with E-state index in [1.54, 1.807) is 29.6 Å². The third-order valence-electron chi connectivity index (χ3n) is 5.16. The molecule has 1 aliphatic rings. The predicted octanol–water partition coefficient (Wildman–Crippen LogP) is 3.64. The Labute approximate surface area is 162 Å². The van der Waals surface area contributed by atoms with Gasteiger partial charge in [-0.2, -0.15) is 4.31 Å². The highest BCUT2D eigenvalue weighted by molar-refractivity contribution is 7.89. The van der Waals surface area contributed by atoms with E-state index in [0.29, 0.717) is 48.3 Å². The lowest BCUT2D eigenvalue weighted by atomic mass is 10.0. The lowest BCUT2D eigenvalue weighted by molar-refractivity contribution is 0.384. The second kappa shape index (κ2) is 7.90. The van der Waals surface area contributed by atoms with Gasteiger partial charge in [0.05, 0.1) is 12.0 Å². The SMILES string of the molecule is COc1ccc(S(=O)(=O)N2CCN(c3ccc(C(C)C)cc3)CC2)c(C)c1. The molecule has 146 valence electrons. The summed E-state index contributed by atoms with van der Waals surface area (Å²) in [6.45, 7) is 8.52. The van der Waals surface area contributed by atoms with Gasteiger partial charge in [0.2, 0.25) is 10.0 Å². The van der Waals surface area contributed by atoms with Crippen molar-refractivity contribution in [2.75, 3.05) is 38.2 Å². The maximum absolute atomic E-state index is 13.0. The number of hydrogen-bond donors (Lipinski definition) is 0. The second-order valence-corrected chi connectivity index (χ2v) is 9.18. The van der Waals surface area contributed by atoms with Gasteiger partial charge in [-0.3, -0.25) is 0 Å². The largest absolute Gasteiger partial charge is 0.497 e. The highest BCUT2D eigenvalue weighted by Gasteiger charge is 2.29. The van der Waals surface area contributed by atoms with Crippen molar-refractivity contribution in [2.24, 2.45) is 0 Å². The number of nitrogens with zero attached hydrogens (tertiary/aromatic N) is 2. The van der Waals surface area contributed by atoms with Gasteiger partial charge in [0.1, 0.15) is 5.75 Å². The molecule has 0 N–H and O–H groups in total. The molecule has 2 aromatic carbocycles. The van der Waals surface area contributed by atoms with Crippen LogP contribution in [0.25, 0.3) is 0 Å². The molecule has 0 spiro atoms. The topological polar surface area (TPSA) is 49.9 Å². The molecule has 1 heterocycles. The Kier molecular flexibility index (Phi) is 5.77. The van der Waals surface area contributed by atoms with Crippen LogP contribution in [0, 0.1) is 6.92 Å². The predicted molar refractivity (Wildman–Crippen MR) is 109 cm³/mol. The number of anilines is 1. The van der Waals surface area contributed by atoms with Gasteiger partial charge in [-0.25, -0.2) is 8.42 Å². The summed E-state index contributed by atoms with van der Waals surface area (Å²) in [4.78, 5) is 2.61. The Bertz CT molecular complexity index is 884. The number of sulfonamides is 1. The van der Waals surface area contributed by atoms with Crippen LogP contribution in [0.3, 0.4) is 0 Å². The molecule has 0 saturated carbocycles. The third kappa shape index (κ3) is 4.12. The fourth-order valence-corrected chi connectivity index (χ4v) is 5.06. The molecule has 2 aromatic rings. The number of rotatable bonds is 5. The molecule has 0 unspecified atom stereocenters. The van der Waals surface area contributed by atoms with Crippen molar-refractivity contribution < 1.29 is 13.2 Å². The standard InChI is InChI=1S/C21H28N2O3S/c1-16(2)18-5-7-19(8-6-18)22-11-13-23(14-12-22)27(24,25)21-10-9-20(26-4)15-17(21)3/h5-10,15-16H,11-14H2,1-4H3. The minimum atomic E-state index is -3.49. The van der Waals surface area contributed by atoms with Crippen LogP contribution in [0.2, 0.25) is 0 Å². The average Bonchev–Trinajstić information content (AvgIpc) is 2.67. The van der Waals surface area contributed by atoms with Gasteiger partial charge in [-0.15, -0.1) is 0 Å². The number of piperazine rings is 1. The molecule has 1 aliphatic heterocycles. The highest BCUT2D eigenvalue weighted by Crippen LogP contribution is 2.26. The Hall–Kier alpha value is -2.05. The molecule has 0 atom stereocenters. The number of ether oxygens (including phenoxy) is 1. The molecule has 1 fully saturated rings. The summed E-state index contributed by atoms with van der Waals surface area (Å²) in [7, 11) is -1.91. The molecular weight excluding hydrogens is 360 g/mol. The van der Waals surface area contributed by atoms with E-state index in [1.807, 2.05) is 6.92 Å². The molecule has 0 amide bonds. The molecule has 1 saturated heterocycles. The summed E-state index contributed by atoms with van der Waals surface area (Å²) in [5, 5.41) is 0. The van der Waals surface area contributed by atoms with Gasteiger partial charge in [-0.05, 0) is 54.3 Å². The zero-order valence-corrected chi connectivity index (χ0v) is 17.3. The van der Waals surface area contributed by atoms with E-state index in [-0.39, 0.29) is 0 Å².